The number of carbonyl (C=O) groups is 6. The van der Waals surface area contributed by atoms with Crippen LogP contribution in [0.5, 0.6) is 0 Å². The molecule has 0 bridgehead atoms. The third-order valence-corrected chi connectivity index (χ3v) is 6.97. The topological polar surface area (TPSA) is 253 Å². The maximum Gasteiger partial charge on any atom is 0.326 e. The van der Waals surface area contributed by atoms with Gasteiger partial charge >= 0.3 is 5.97 Å². The summed E-state index contributed by atoms with van der Waals surface area (Å²) in [6, 6.07) is 11.4. The molecule has 1 heterocycles. The Morgan fingerprint density at radius 2 is 1.25 bits per heavy atom. The van der Waals surface area contributed by atoms with Gasteiger partial charge in [-0.25, -0.2) is 4.79 Å². The van der Waals surface area contributed by atoms with Crippen LogP contribution in [0, 0.1) is 0 Å². The lowest BCUT2D eigenvalue weighted by atomic mass is 10.0. The summed E-state index contributed by atoms with van der Waals surface area (Å²) in [6.07, 6.45) is 0.770. The SMILES string of the molecule is NC(=O)CCC(NC(=O)C(CCC(N)=O)NC(=O)C(Cc1c[nH]c2ccccc12)NC(=O)C(N)Cc1ccccc1)C(=O)O. The van der Waals surface area contributed by atoms with Crippen molar-refractivity contribution in [1.82, 2.24) is 20.9 Å². The highest BCUT2D eigenvalue weighted by Crippen LogP contribution is 2.19. The molecule has 0 fully saturated rings. The maximum absolute atomic E-state index is 13.7. The van der Waals surface area contributed by atoms with Crippen molar-refractivity contribution in [2.45, 2.75) is 62.7 Å². The summed E-state index contributed by atoms with van der Waals surface area (Å²) in [5.74, 6) is -5.24. The minimum absolute atomic E-state index is 0.0141. The Morgan fingerprint density at radius 3 is 1.89 bits per heavy atom. The van der Waals surface area contributed by atoms with E-state index in [1.807, 2.05) is 54.6 Å². The summed E-state index contributed by atoms with van der Waals surface area (Å²) in [4.78, 5) is 77.4. The number of aromatic amines is 1. The van der Waals surface area contributed by atoms with Crippen LogP contribution in [0.2, 0.25) is 0 Å². The van der Waals surface area contributed by atoms with E-state index >= 15 is 0 Å². The number of carboxylic acid groups (broad SMARTS) is 1. The lowest BCUT2D eigenvalue weighted by Crippen LogP contribution is -2.58. The van der Waals surface area contributed by atoms with Crippen molar-refractivity contribution >= 4 is 46.4 Å². The van der Waals surface area contributed by atoms with Crippen molar-refractivity contribution in [3.63, 3.8) is 0 Å². The van der Waals surface area contributed by atoms with E-state index in [1.54, 1.807) is 6.20 Å². The number of hydrogen-bond acceptors (Lipinski definition) is 7. The molecule has 0 spiro atoms. The number of aliphatic carboxylic acids is 1. The van der Waals surface area contributed by atoms with Gasteiger partial charge < -0.3 is 43.2 Å². The Bertz CT molecular complexity index is 1490. The monoisotopic (exact) mass is 607 g/mol. The van der Waals surface area contributed by atoms with Crippen molar-refractivity contribution < 1.29 is 33.9 Å². The van der Waals surface area contributed by atoms with Gasteiger partial charge in [0.1, 0.15) is 18.1 Å². The molecule has 0 aliphatic carbocycles. The average Bonchev–Trinajstić information content (AvgIpc) is 3.39. The molecule has 2 aromatic carbocycles. The molecule has 14 heteroatoms. The van der Waals surface area contributed by atoms with E-state index in [-0.39, 0.29) is 38.5 Å². The van der Waals surface area contributed by atoms with Crippen LogP contribution in [0.15, 0.2) is 60.8 Å². The second-order valence-electron chi connectivity index (χ2n) is 10.4. The number of benzene rings is 2. The normalized spacial score (nSPS) is 13.7. The third-order valence-electron chi connectivity index (χ3n) is 6.97. The summed E-state index contributed by atoms with van der Waals surface area (Å²) in [7, 11) is 0. The summed E-state index contributed by atoms with van der Waals surface area (Å²) >= 11 is 0. The molecular weight excluding hydrogens is 570 g/mol. The number of nitrogens with two attached hydrogens (primary N) is 3. The molecule has 3 aromatic rings. The van der Waals surface area contributed by atoms with Crippen LogP contribution >= 0.6 is 0 Å². The smallest absolute Gasteiger partial charge is 0.326 e. The number of primary amides is 2. The van der Waals surface area contributed by atoms with E-state index in [4.69, 9.17) is 17.2 Å². The molecule has 0 aliphatic rings. The summed E-state index contributed by atoms with van der Waals surface area (Å²) in [5.41, 5.74) is 18.9. The fourth-order valence-corrected chi connectivity index (χ4v) is 4.61. The number of carboxylic acids is 1. The molecule has 3 rings (SSSR count). The number of H-pyrrole nitrogens is 1. The first-order valence-electron chi connectivity index (χ1n) is 14.0. The largest absolute Gasteiger partial charge is 0.480 e. The van der Waals surface area contributed by atoms with Crippen molar-refractivity contribution in [2.75, 3.05) is 0 Å². The van der Waals surface area contributed by atoms with Crippen molar-refractivity contribution in [3.05, 3.63) is 71.9 Å². The molecule has 0 radical (unpaired) electrons. The van der Waals surface area contributed by atoms with E-state index in [0.29, 0.717) is 5.56 Å². The quantitative estimate of drug-likeness (QED) is 0.0976. The highest BCUT2D eigenvalue weighted by molar-refractivity contribution is 5.95. The van der Waals surface area contributed by atoms with Gasteiger partial charge in [-0.2, -0.15) is 0 Å². The molecular formula is C30H37N7O7. The Hall–Kier alpha value is -5.24. The van der Waals surface area contributed by atoms with Gasteiger partial charge in [0.25, 0.3) is 0 Å². The number of amides is 5. The van der Waals surface area contributed by atoms with Crippen LogP contribution in [0.25, 0.3) is 10.9 Å². The van der Waals surface area contributed by atoms with Gasteiger partial charge in [-0.05, 0) is 36.5 Å². The first-order valence-corrected chi connectivity index (χ1v) is 14.0. The first kappa shape index (κ1) is 33.3. The number of fused-ring (bicyclic) bond motifs is 1. The van der Waals surface area contributed by atoms with Gasteiger partial charge in [-0.15, -0.1) is 0 Å². The second kappa shape index (κ2) is 15.8. The number of para-hydroxylation sites is 1. The van der Waals surface area contributed by atoms with E-state index in [1.165, 1.54) is 0 Å². The molecule has 44 heavy (non-hydrogen) atoms. The molecule has 14 nitrogen and oxygen atoms in total. The standard InChI is InChI=1S/C30H37N7O7/c31-20(14-17-6-2-1-3-7-17)27(40)37-24(15-18-16-34-21-9-5-4-8-19(18)21)29(42)35-22(10-12-25(32)38)28(41)36-23(30(43)44)11-13-26(33)39/h1-9,16,20,22-24,34H,10-15,31H2,(H2,32,38)(H2,33,39)(H,35,42)(H,36,41)(H,37,40)(H,43,44). The molecule has 5 amide bonds. The van der Waals surface area contributed by atoms with Crippen molar-refractivity contribution in [2.24, 2.45) is 17.2 Å². The van der Waals surface area contributed by atoms with Crippen LogP contribution in [0.3, 0.4) is 0 Å². The highest BCUT2D eigenvalue weighted by Gasteiger charge is 2.31. The Kier molecular flexibility index (Phi) is 12.0. The Balaban J connectivity index is 1.83. The minimum Gasteiger partial charge on any atom is -0.480 e. The summed E-state index contributed by atoms with van der Waals surface area (Å²) in [6.45, 7) is 0. The molecule has 1 aromatic heterocycles. The van der Waals surface area contributed by atoms with Crippen LogP contribution in [-0.2, 0) is 41.6 Å². The van der Waals surface area contributed by atoms with E-state index in [0.717, 1.165) is 16.5 Å². The van der Waals surface area contributed by atoms with Gasteiger partial charge in [-0.3, -0.25) is 24.0 Å². The zero-order valence-corrected chi connectivity index (χ0v) is 24.0. The van der Waals surface area contributed by atoms with Gasteiger partial charge in [0.05, 0.1) is 6.04 Å². The second-order valence-corrected chi connectivity index (χ2v) is 10.4. The Morgan fingerprint density at radius 1 is 0.705 bits per heavy atom. The number of hydrogen-bond donors (Lipinski definition) is 8. The number of rotatable bonds is 17. The fourth-order valence-electron chi connectivity index (χ4n) is 4.61. The van der Waals surface area contributed by atoms with Crippen LogP contribution in [0.4, 0.5) is 0 Å². The molecule has 11 N–H and O–H groups in total. The van der Waals surface area contributed by atoms with Crippen LogP contribution < -0.4 is 33.2 Å². The number of carbonyl (C=O) groups excluding carboxylic acids is 5. The van der Waals surface area contributed by atoms with Crippen LogP contribution in [0.1, 0.15) is 36.8 Å². The first-order chi connectivity index (χ1) is 20.9. The summed E-state index contributed by atoms with van der Waals surface area (Å²) in [5, 5.41) is 17.8. The predicted octanol–water partition coefficient (Wildman–Crippen LogP) is -0.650. The molecule has 4 unspecified atom stereocenters. The van der Waals surface area contributed by atoms with E-state index in [2.05, 4.69) is 20.9 Å². The van der Waals surface area contributed by atoms with Crippen LogP contribution in [-0.4, -0.2) is 69.8 Å². The van der Waals surface area contributed by atoms with E-state index < -0.39 is 59.7 Å². The van der Waals surface area contributed by atoms with Gasteiger partial charge in [0.2, 0.25) is 29.5 Å². The maximum atomic E-state index is 13.7. The zero-order valence-electron chi connectivity index (χ0n) is 24.0. The predicted molar refractivity (Wildman–Crippen MR) is 160 cm³/mol. The zero-order chi connectivity index (χ0) is 32.2. The molecule has 234 valence electrons. The number of aromatic nitrogens is 1. The molecule has 4 atom stereocenters. The fraction of sp³-hybridized carbons (Fsp3) is 0.333. The lowest BCUT2D eigenvalue weighted by Gasteiger charge is -2.25. The van der Waals surface area contributed by atoms with Crippen molar-refractivity contribution in [1.29, 1.82) is 0 Å². The van der Waals surface area contributed by atoms with Gasteiger partial charge in [0, 0.05) is 36.4 Å². The lowest BCUT2D eigenvalue weighted by molar-refractivity contribution is -0.142. The third kappa shape index (κ3) is 9.94. The van der Waals surface area contributed by atoms with Gasteiger partial charge in [-0.1, -0.05) is 48.5 Å². The molecule has 0 aliphatic heterocycles. The highest BCUT2D eigenvalue weighted by atomic mass is 16.4. The number of nitrogens with one attached hydrogen (secondary N) is 4. The minimum atomic E-state index is -1.49. The molecule has 0 saturated carbocycles. The van der Waals surface area contributed by atoms with Crippen molar-refractivity contribution in [3.8, 4) is 0 Å². The average molecular weight is 608 g/mol. The van der Waals surface area contributed by atoms with E-state index in [9.17, 15) is 33.9 Å². The molecule has 0 saturated heterocycles. The van der Waals surface area contributed by atoms with Gasteiger partial charge in [0.15, 0.2) is 0 Å². The Labute approximate surface area is 253 Å². The summed E-state index contributed by atoms with van der Waals surface area (Å²) < 4.78 is 0.